The van der Waals surface area contributed by atoms with Crippen molar-refractivity contribution in [3.05, 3.63) is 72.9 Å². The van der Waals surface area contributed by atoms with Gasteiger partial charge in [0.25, 0.3) is 0 Å². The van der Waals surface area contributed by atoms with Crippen molar-refractivity contribution in [2.45, 2.75) is 361 Å². The Kier molecular flexibility index (Phi) is 64.7. The summed E-state index contributed by atoms with van der Waals surface area (Å²) >= 11 is 0. The number of hydrogen-bond donors (Lipinski definition) is 0. The standard InChI is InChI=1S/C73H130O6/c1-4-7-10-13-16-19-22-25-28-30-32-34-36-38-40-42-45-48-51-54-57-60-63-66-72(75)78-69-70(68-77-71(74)65-62-59-56-53-50-47-44-27-24-21-18-15-12-9-6-3)79-73(76)67-64-61-58-55-52-49-46-43-41-39-37-35-33-31-29-26-23-20-17-14-11-8-5-2/h7,10,16,19,23,25-26,28,31-34,70H,4-6,8-9,11-15,17-18,20-22,24,27,29-30,35-69H2,1-3H3/b10-7-,19-16-,26-23-,28-25-,33-31-,34-32-. The molecule has 0 N–H and O–H groups in total. The summed E-state index contributed by atoms with van der Waals surface area (Å²) < 4.78 is 17.0. The van der Waals surface area contributed by atoms with Crippen LogP contribution in [0.15, 0.2) is 72.9 Å². The van der Waals surface area contributed by atoms with Gasteiger partial charge in [0.05, 0.1) is 0 Å². The number of esters is 3. The molecule has 6 heteroatoms. The fraction of sp³-hybridized carbons (Fsp3) is 0.795. The molecule has 79 heavy (non-hydrogen) atoms. The molecule has 0 spiro atoms. The van der Waals surface area contributed by atoms with Crippen molar-refractivity contribution in [3.8, 4) is 0 Å². The first-order chi connectivity index (χ1) is 39.0. The number of hydrogen-bond acceptors (Lipinski definition) is 6. The Bertz CT molecular complexity index is 1450. The Labute approximate surface area is 491 Å². The van der Waals surface area contributed by atoms with Crippen LogP contribution in [0.4, 0.5) is 0 Å². The SMILES string of the molecule is CC/C=C\C/C=C\C/C=C\C/C=C\CCCCCCCCCCCCC(=O)OCC(COC(=O)CCCCCCCCCCCCCCCCC)OC(=O)CCCCCCCCCCCCC/C=C\C/C=C\CCCCCCC. The molecule has 0 saturated heterocycles. The van der Waals surface area contributed by atoms with Crippen LogP contribution in [-0.2, 0) is 28.6 Å². The number of carbonyl (C=O) groups is 3. The normalized spacial score (nSPS) is 12.5. The molecule has 0 aromatic rings. The summed E-state index contributed by atoms with van der Waals surface area (Å²) in [4.78, 5) is 38.4. The van der Waals surface area contributed by atoms with E-state index >= 15 is 0 Å². The molecule has 0 aromatic heterocycles. The van der Waals surface area contributed by atoms with Crippen LogP contribution in [0.2, 0.25) is 0 Å². The van der Waals surface area contributed by atoms with Gasteiger partial charge in [-0.1, -0.05) is 318 Å². The second-order valence-electron chi connectivity index (χ2n) is 23.1. The molecule has 0 heterocycles. The van der Waals surface area contributed by atoms with E-state index in [2.05, 4.69) is 93.7 Å². The van der Waals surface area contributed by atoms with Gasteiger partial charge in [-0.15, -0.1) is 0 Å². The number of allylic oxidation sites excluding steroid dienone is 12. The van der Waals surface area contributed by atoms with E-state index < -0.39 is 6.10 Å². The highest BCUT2D eigenvalue weighted by atomic mass is 16.6. The second-order valence-corrected chi connectivity index (χ2v) is 23.1. The van der Waals surface area contributed by atoms with Gasteiger partial charge >= 0.3 is 17.9 Å². The van der Waals surface area contributed by atoms with Gasteiger partial charge in [-0.05, 0) is 89.9 Å². The maximum atomic E-state index is 13.0. The summed E-state index contributed by atoms with van der Waals surface area (Å²) in [6.45, 7) is 6.57. The van der Waals surface area contributed by atoms with Crippen molar-refractivity contribution >= 4 is 17.9 Å². The van der Waals surface area contributed by atoms with Crippen molar-refractivity contribution < 1.29 is 28.6 Å². The zero-order valence-corrected chi connectivity index (χ0v) is 52.6. The van der Waals surface area contributed by atoms with Crippen LogP contribution in [0, 0.1) is 0 Å². The third kappa shape index (κ3) is 65.5. The van der Waals surface area contributed by atoms with Crippen molar-refractivity contribution in [1.29, 1.82) is 0 Å². The molecule has 6 nitrogen and oxygen atoms in total. The van der Waals surface area contributed by atoms with Gasteiger partial charge < -0.3 is 14.2 Å². The summed E-state index contributed by atoms with van der Waals surface area (Å²) in [5.74, 6) is -0.858. The van der Waals surface area contributed by atoms with E-state index in [0.717, 1.165) is 89.9 Å². The van der Waals surface area contributed by atoms with Gasteiger partial charge in [0, 0.05) is 19.3 Å². The lowest BCUT2D eigenvalue weighted by atomic mass is 10.0. The van der Waals surface area contributed by atoms with Gasteiger partial charge in [-0.25, -0.2) is 0 Å². The van der Waals surface area contributed by atoms with Gasteiger partial charge in [-0.2, -0.15) is 0 Å². The Morgan fingerprint density at radius 1 is 0.266 bits per heavy atom. The Morgan fingerprint density at radius 3 is 0.772 bits per heavy atom. The molecule has 1 atom stereocenters. The van der Waals surface area contributed by atoms with Crippen molar-refractivity contribution in [1.82, 2.24) is 0 Å². The van der Waals surface area contributed by atoms with E-state index in [9.17, 15) is 14.4 Å². The lowest BCUT2D eigenvalue weighted by Gasteiger charge is -2.18. The number of carbonyl (C=O) groups excluding carboxylic acids is 3. The van der Waals surface area contributed by atoms with Crippen LogP contribution in [0.25, 0.3) is 0 Å². The van der Waals surface area contributed by atoms with Crippen LogP contribution < -0.4 is 0 Å². The van der Waals surface area contributed by atoms with Crippen LogP contribution in [-0.4, -0.2) is 37.2 Å². The van der Waals surface area contributed by atoms with E-state index in [1.165, 1.54) is 225 Å². The first-order valence-corrected chi connectivity index (χ1v) is 34.4. The van der Waals surface area contributed by atoms with E-state index in [0.29, 0.717) is 19.3 Å². The highest BCUT2D eigenvalue weighted by molar-refractivity contribution is 5.71. The molecule has 0 aromatic carbocycles. The first-order valence-electron chi connectivity index (χ1n) is 34.4. The molecule has 0 amide bonds. The zero-order valence-electron chi connectivity index (χ0n) is 52.6. The average Bonchev–Trinajstić information content (AvgIpc) is 3.45. The van der Waals surface area contributed by atoms with Crippen molar-refractivity contribution in [2.75, 3.05) is 13.2 Å². The summed E-state index contributed by atoms with van der Waals surface area (Å²) in [5.41, 5.74) is 0. The molecular weight excluding hydrogens is 973 g/mol. The number of ether oxygens (including phenoxy) is 3. The molecular formula is C73H130O6. The Balaban J connectivity index is 4.33. The Hall–Kier alpha value is -3.15. The highest BCUT2D eigenvalue weighted by Gasteiger charge is 2.19. The minimum Gasteiger partial charge on any atom is -0.462 e. The highest BCUT2D eigenvalue weighted by Crippen LogP contribution is 2.17. The van der Waals surface area contributed by atoms with Crippen LogP contribution in [0.3, 0.4) is 0 Å². The number of unbranched alkanes of at least 4 members (excludes halogenated alkanes) is 40. The summed E-state index contributed by atoms with van der Waals surface area (Å²) in [7, 11) is 0. The lowest BCUT2D eigenvalue weighted by molar-refractivity contribution is -0.167. The smallest absolute Gasteiger partial charge is 0.306 e. The molecule has 0 fully saturated rings. The maximum Gasteiger partial charge on any atom is 0.306 e. The number of rotatable bonds is 63. The van der Waals surface area contributed by atoms with Crippen molar-refractivity contribution in [2.24, 2.45) is 0 Å². The topological polar surface area (TPSA) is 78.9 Å². The van der Waals surface area contributed by atoms with Gasteiger partial charge in [0.15, 0.2) is 6.10 Å². The average molecular weight is 1100 g/mol. The predicted octanol–water partition coefficient (Wildman–Crippen LogP) is 23.7. The van der Waals surface area contributed by atoms with Crippen molar-refractivity contribution in [3.63, 3.8) is 0 Å². The van der Waals surface area contributed by atoms with Gasteiger partial charge in [0.2, 0.25) is 0 Å². The molecule has 0 bridgehead atoms. The van der Waals surface area contributed by atoms with Gasteiger partial charge in [0.1, 0.15) is 13.2 Å². The largest absolute Gasteiger partial charge is 0.462 e. The fourth-order valence-electron chi connectivity index (χ4n) is 10.1. The quantitative estimate of drug-likeness (QED) is 0.0261. The molecule has 0 saturated carbocycles. The first kappa shape index (κ1) is 75.8. The molecule has 0 aliphatic heterocycles. The van der Waals surface area contributed by atoms with Crippen LogP contribution >= 0.6 is 0 Å². The molecule has 0 rings (SSSR count). The summed E-state index contributed by atoms with van der Waals surface area (Å²) in [6.07, 6.45) is 87.7. The second kappa shape index (κ2) is 67.4. The Morgan fingerprint density at radius 2 is 0.494 bits per heavy atom. The monoisotopic (exact) mass is 1100 g/mol. The molecule has 0 radical (unpaired) electrons. The van der Waals surface area contributed by atoms with Crippen LogP contribution in [0.5, 0.6) is 0 Å². The van der Waals surface area contributed by atoms with Gasteiger partial charge in [-0.3, -0.25) is 14.4 Å². The lowest BCUT2D eigenvalue weighted by Crippen LogP contribution is -2.30. The fourth-order valence-corrected chi connectivity index (χ4v) is 10.1. The zero-order chi connectivity index (χ0) is 57.1. The molecule has 0 aliphatic carbocycles. The summed E-state index contributed by atoms with van der Waals surface area (Å²) in [6, 6.07) is 0. The van der Waals surface area contributed by atoms with E-state index in [1.807, 2.05) is 0 Å². The minimum atomic E-state index is -0.778. The predicted molar refractivity (Wildman–Crippen MR) is 344 cm³/mol. The molecule has 1 unspecified atom stereocenters. The molecule has 458 valence electrons. The van der Waals surface area contributed by atoms with E-state index in [1.54, 1.807) is 0 Å². The van der Waals surface area contributed by atoms with Crippen LogP contribution in [0.1, 0.15) is 355 Å². The molecule has 0 aliphatic rings. The van der Waals surface area contributed by atoms with E-state index in [4.69, 9.17) is 14.2 Å². The maximum absolute atomic E-state index is 13.0. The third-order valence-corrected chi connectivity index (χ3v) is 15.2. The van der Waals surface area contributed by atoms with E-state index in [-0.39, 0.29) is 31.1 Å². The minimum absolute atomic E-state index is 0.0733. The summed E-state index contributed by atoms with van der Waals surface area (Å²) in [5, 5.41) is 0. The third-order valence-electron chi connectivity index (χ3n) is 15.2.